The third kappa shape index (κ3) is 3.64. The van der Waals surface area contributed by atoms with Gasteiger partial charge in [-0.25, -0.2) is 12.7 Å². The first-order valence-corrected chi connectivity index (χ1v) is 8.96. The fourth-order valence-electron chi connectivity index (χ4n) is 2.05. The maximum absolute atomic E-state index is 12.1. The van der Waals surface area contributed by atoms with Crippen molar-refractivity contribution in [3.8, 4) is 0 Å². The van der Waals surface area contributed by atoms with Gasteiger partial charge in [0.2, 0.25) is 10.0 Å². The van der Waals surface area contributed by atoms with Gasteiger partial charge < -0.3 is 5.32 Å². The van der Waals surface area contributed by atoms with E-state index in [0.29, 0.717) is 10.9 Å². The van der Waals surface area contributed by atoms with Crippen LogP contribution in [0.2, 0.25) is 0 Å². The van der Waals surface area contributed by atoms with Gasteiger partial charge in [0.05, 0.1) is 4.90 Å². The van der Waals surface area contributed by atoms with Crippen molar-refractivity contribution in [3.05, 3.63) is 24.3 Å². The van der Waals surface area contributed by atoms with Crippen molar-refractivity contribution in [3.63, 3.8) is 0 Å². The van der Waals surface area contributed by atoms with Crippen molar-refractivity contribution in [2.24, 2.45) is 0 Å². The average molecular weight is 300 g/mol. The highest BCUT2D eigenvalue weighted by molar-refractivity contribution is 7.99. The molecule has 1 aromatic rings. The highest BCUT2D eigenvalue weighted by Gasteiger charge is 2.18. The fourth-order valence-corrected chi connectivity index (χ4v) is 4.07. The van der Waals surface area contributed by atoms with E-state index < -0.39 is 10.0 Å². The number of nitrogens with zero attached hydrogens (tertiary/aromatic N) is 1. The molecule has 2 rings (SSSR count). The lowest BCUT2D eigenvalue weighted by molar-refractivity contribution is 0.521. The largest absolute Gasteiger partial charge is 0.381 e. The Morgan fingerprint density at radius 2 is 2.16 bits per heavy atom. The molecule has 1 atom stereocenters. The molecule has 1 aliphatic rings. The Morgan fingerprint density at radius 3 is 2.79 bits per heavy atom. The quantitative estimate of drug-likeness (QED) is 0.926. The maximum Gasteiger partial charge on any atom is 0.242 e. The summed E-state index contributed by atoms with van der Waals surface area (Å²) >= 11 is 1.95. The standard InChI is InChI=1S/C13H20N2O2S2/c1-15(2)19(16,17)13-7-3-5-11(9-13)14-12-6-4-8-18-10-12/h3,5,7,9,12,14H,4,6,8,10H2,1-2H3. The van der Waals surface area contributed by atoms with Gasteiger partial charge in [-0.05, 0) is 36.8 Å². The van der Waals surface area contributed by atoms with E-state index in [1.54, 1.807) is 32.3 Å². The van der Waals surface area contributed by atoms with Gasteiger partial charge in [0.25, 0.3) is 0 Å². The van der Waals surface area contributed by atoms with E-state index in [2.05, 4.69) is 5.32 Å². The summed E-state index contributed by atoms with van der Waals surface area (Å²) in [5, 5.41) is 3.43. The lowest BCUT2D eigenvalue weighted by atomic mass is 10.2. The van der Waals surface area contributed by atoms with Crippen LogP contribution in [0.3, 0.4) is 0 Å². The second kappa shape index (κ2) is 6.15. The first-order chi connectivity index (χ1) is 9.00. The predicted molar refractivity (Wildman–Crippen MR) is 81.3 cm³/mol. The van der Waals surface area contributed by atoms with Crippen LogP contribution in [0.5, 0.6) is 0 Å². The second-order valence-electron chi connectivity index (χ2n) is 4.87. The minimum Gasteiger partial charge on any atom is -0.381 e. The minimum absolute atomic E-state index is 0.339. The van der Waals surface area contributed by atoms with E-state index in [-0.39, 0.29) is 0 Å². The highest BCUT2D eigenvalue weighted by Crippen LogP contribution is 2.23. The minimum atomic E-state index is -3.35. The van der Waals surface area contributed by atoms with Gasteiger partial charge in [-0.3, -0.25) is 0 Å². The van der Waals surface area contributed by atoms with Crippen LogP contribution in [0.25, 0.3) is 0 Å². The third-order valence-electron chi connectivity index (χ3n) is 3.14. The number of benzene rings is 1. The van der Waals surface area contributed by atoms with Crippen LogP contribution in [0.4, 0.5) is 5.69 Å². The maximum atomic E-state index is 12.1. The van der Waals surface area contributed by atoms with Gasteiger partial charge in [0.1, 0.15) is 0 Å². The van der Waals surface area contributed by atoms with Gasteiger partial charge >= 0.3 is 0 Å². The monoisotopic (exact) mass is 300 g/mol. The van der Waals surface area contributed by atoms with E-state index in [4.69, 9.17) is 0 Å². The summed E-state index contributed by atoms with van der Waals surface area (Å²) < 4.78 is 25.4. The Bertz CT molecular complexity index is 523. The number of sulfonamides is 1. The van der Waals surface area contributed by atoms with E-state index in [0.717, 1.165) is 17.9 Å². The van der Waals surface area contributed by atoms with E-state index in [1.165, 1.54) is 16.5 Å². The Kier molecular flexibility index (Phi) is 4.76. The fraction of sp³-hybridized carbons (Fsp3) is 0.538. The lowest BCUT2D eigenvalue weighted by Crippen LogP contribution is -2.26. The molecule has 1 aromatic carbocycles. The first-order valence-electron chi connectivity index (χ1n) is 6.37. The Balaban J connectivity index is 2.15. The summed E-state index contributed by atoms with van der Waals surface area (Å²) in [5.74, 6) is 2.32. The van der Waals surface area contributed by atoms with Crippen LogP contribution >= 0.6 is 11.8 Å². The third-order valence-corrected chi connectivity index (χ3v) is 6.17. The first kappa shape index (κ1) is 14.7. The van der Waals surface area contributed by atoms with Crippen molar-refractivity contribution < 1.29 is 8.42 Å². The number of thioether (sulfide) groups is 1. The molecule has 0 amide bonds. The Morgan fingerprint density at radius 1 is 1.37 bits per heavy atom. The molecule has 1 unspecified atom stereocenters. The molecule has 0 bridgehead atoms. The molecule has 6 heteroatoms. The van der Waals surface area contributed by atoms with Crippen molar-refractivity contribution in [2.75, 3.05) is 30.9 Å². The van der Waals surface area contributed by atoms with Crippen LogP contribution in [-0.2, 0) is 10.0 Å². The van der Waals surface area contributed by atoms with Crippen LogP contribution in [0.15, 0.2) is 29.2 Å². The number of hydrogen-bond acceptors (Lipinski definition) is 4. The normalized spacial score (nSPS) is 20.5. The van der Waals surface area contributed by atoms with Crippen molar-refractivity contribution >= 4 is 27.5 Å². The molecule has 1 saturated heterocycles. The van der Waals surface area contributed by atoms with E-state index >= 15 is 0 Å². The molecule has 1 fully saturated rings. The van der Waals surface area contributed by atoms with Crippen molar-refractivity contribution in [1.82, 2.24) is 4.31 Å². The SMILES string of the molecule is CN(C)S(=O)(=O)c1cccc(NC2CCCSC2)c1. The summed E-state index contributed by atoms with van der Waals surface area (Å²) in [6.07, 6.45) is 2.37. The lowest BCUT2D eigenvalue weighted by Gasteiger charge is -2.24. The summed E-state index contributed by atoms with van der Waals surface area (Å²) in [4.78, 5) is 0.339. The number of hydrogen-bond donors (Lipinski definition) is 1. The summed E-state index contributed by atoms with van der Waals surface area (Å²) in [7, 11) is -0.254. The zero-order valence-electron chi connectivity index (χ0n) is 11.3. The number of nitrogens with one attached hydrogen (secondary N) is 1. The molecule has 19 heavy (non-hydrogen) atoms. The summed E-state index contributed by atoms with van der Waals surface area (Å²) in [6.45, 7) is 0. The van der Waals surface area contributed by atoms with Gasteiger partial charge in [-0.15, -0.1) is 0 Å². The Labute approximate surface area is 119 Å². The zero-order valence-corrected chi connectivity index (χ0v) is 12.9. The molecule has 1 N–H and O–H groups in total. The summed E-state index contributed by atoms with van der Waals surface area (Å²) in [6, 6.07) is 7.50. The van der Waals surface area contributed by atoms with Gasteiger partial charge in [-0.1, -0.05) is 6.07 Å². The van der Waals surface area contributed by atoms with Gasteiger partial charge in [0, 0.05) is 31.6 Å². The van der Waals surface area contributed by atoms with Crippen LogP contribution in [0, 0.1) is 0 Å². The predicted octanol–water partition coefficient (Wildman–Crippen LogP) is 2.24. The molecule has 0 saturated carbocycles. The smallest absolute Gasteiger partial charge is 0.242 e. The molecular weight excluding hydrogens is 280 g/mol. The van der Waals surface area contributed by atoms with Crippen LogP contribution in [0.1, 0.15) is 12.8 Å². The topological polar surface area (TPSA) is 49.4 Å². The van der Waals surface area contributed by atoms with Crippen molar-refractivity contribution in [2.45, 2.75) is 23.8 Å². The Hall–Kier alpha value is -0.720. The van der Waals surface area contributed by atoms with E-state index in [9.17, 15) is 8.42 Å². The highest BCUT2D eigenvalue weighted by atomic mass is 32.2. The average Bonchev–Trinajstić information content (AvgIpc) is 2.40. The molecule has 1 heterocycles. The van der Waals surface area contributed by atoms with Gasteiger partial charge in [0.15, 0.2) is 0 Å². The molecule has 0 aliphatic carbocycles. The zero-order chi connectivity index (χ0) is 13.9. The van der Waals surface area contributed by atoms with E-state index in [1.807, 2.05) is 17.8 Å². The second-order valence-corrected chi connectivity index (χ2v) is 8.18. The molecule has 1 aliphatic heterocycles. The molecule has 0 aromatic heterocycles. The number of anilines is 1. The van der Waals surface area contributed by atoms with Crippen LogP contribution < -0.4 is 5.32 Å². The molecule has 4 nitrogen and oxygen atoms in total. The number of rotatable bonds is 4. The molecule has 106 valence electrons. The molecular formula is C13H20N2O2S2. The molecule has 0 spiro atoms. The van der Waals surface area contributed by atoms with Crippen molar-refractivity contribution in [1.29, 1.82) is 0 Å². The van der Waals surface area contributed by atoms with Gasteiger partial charge in [-0.2, -0.15) is 11.8 Å². The van der Waals surface area contributed by atoms with Crippen LogP contribution in [-0.4, -0.2) is 44.4 Å². The summed E-state index contributed by atoms with van der Waals surface area (Å²) in [5.41, 5.74) is 0.885. The molecule has 0 radical (unpaired) electrons.